The molecule has 0 radical (unpaired) electrons. The summed E-state index contributed by atoms with van der Waals surface area (Å²) in [6.07, 6.45) is 3.95. The maximum Gasteiger partial charge on any atom is 0.156 e. The third-order valence-electron chi connectivity index (χ3n) is 6.37. The second kappa shape index (κ2) is 7.34. The van der Waals surface area contributed by atoms with E-state index in [9.17, 15) is 0 Å². The quantitative estimate of drug-likeness (QED) is 0.673. The highest BCUT2D eigenvalue weighted by molar-refractivity contribution is 6.30. The van der Waals surface area contributed by atoms with Crippen LogP contribution in [0.15, 0.2) is 48.5 Å². The molecule has 5 heteroatoms. The molecular formula is C23H25ClN4. The van der Waals surface area contributed by atoms with Crippen molar-refractivity contribution in [1.29, 1.82) is 0 Å². The van der Waals surface area contributed by atoms with E-state index in [0.29, 0.717) is 17.9 Å². The number of benzene rings is 2. The first kappa shape index (κ1) is 17.9. The van der Waals surface area contributed by atoms with Crippen LogP contribution >= 0.6 is 11.6 Å². The van der Waals surface area contributed by atoms with Gasteiger partial charge in [-0.25, -0.2) is 0 Å². The molecular weight excluding hydrogens is 368 g/mol. The maximum atomic E-state index is 6.06. The summed E-state index contributed by atoms with van der Waals surface area (Å²) in [5.74, 6) is 2.29. The van der Waals surface area contributed by atoms with Crippen molar-refractivity contribution in [2.24, 2.45) is 11.8 Å². The lowest BCUT2D eigenvalue weighted by Crippen LogP contribution is -2.53. The van der Waals surface area contributed by atoms with Crippen LogP contribution in [-0.2, 0) is 0 Å². The summed E-state index contributed by atoms with van der Waals surface area (Å²) in [4.78, 5) is 2.49. The van der Waals surface area contributed by atoms with Crippen LogP contribution in [-0.4, -0.2) is 41.3 Å². The number of piperidine rings is 1. The Morgan fingerprint density at radius 2 is 1.61 bits per heavy atom. The highest BCUT2D eigenvalue weighted by Crippen LogP contribution is 2.38. The zero-order valence-corrected chi connectivity index (χ0v) is 16.9. The van der Waals surface area contributed by atoms with Crippen molar-refractivity contribution in [1.82, 2.24) is 15.1 Å². The fourth-order valence-corrected chi connectivity index (χ4v) is 5.22. The minimum atomic E-state index is 0.490. The molecule has 2 aliphatic rings. The van der Waals surface area contributed by atoms with E-state index in [2.05, 4.69) is 51.7 Å². The Kier molecular flexibility index (Phi) is 4.69. The molecule has 2 aromatic carbocycles. The molecule has 2 unspecified atom stereocenters. The van der Waals surface area contributed by atoms with Crippen molar-refractivity contribution in [2.45, 2.75) is 25.3 Å². The van der Waals surface area contributed by atoms with E-state index in [-0.39, 0.29) is 0 Å². The summed E-state index contributed by atoms with van der Waals surface area (Å²) in [5.41, 5.74) is 1.94. The van der Waals surface area contributed by atoms with Crippen LogP contribution < -0.4 is 5.32 Å². The summed E-state index contributed by atoms with van der Waals surface area (Å²) in [5, 5.41) is 16.1. The maximum absolute atomic E-state index is 6.06. The van der Waals surface area contributed by atoms with E-state index in [1.807, 2.05) is 24.3 Å². The van der Waals surface area contributed by atoms with Crippen molar-refractivity contribution >= 4 is 28.2 Å². The van der Waals surface area contributed by atoms with Crippen molar-refractivity contribution < 1.29 is 0 Å². The second-order valence-corrected chi connectivity index (χ2v) is 8.73. The summed E-state index contributed by atoms with van der Waals surface area (Å²) >= 11 is 6.06. The Morgan fingerprint density at radius 1 is 0.929 bits per heavy atom. The van der Waals surface area contributed by atoms with Gasteiger partial charge in [0.25, 0.3) is 0 Å². The predicted octanol–water partition coefficient (Wildman–Crippen LogP) is 5.09. The van der Waals surface area contributed by atoms with Crippen molar-refractivity contribution in [2.75, 3.05) is 25.5 Å². The van der Waals surface area contributed by atoms with E-state index in [1.54, 1.807) is 0 Å². The minimum absolute atomic E-state index is 0.490. The molecule has 1 saturated carbocycles. The predicted molar refractivity (Wildman–Crippen MR) is 116 cm³/mol. The monoisotopic (exact) mass is 392 g/mol. The lowest BCUT2D eigenvalue weighted by Gasteiger charge is -2.46. The number of fused-ring (bicyclic) bond motifs is 3. The number of rotatable bonds is 3. The average Bonchev–Trinajstić information content (AvgIpc) is 2.70. The molecule has 2 fully saturated rings. The molecule has 1 saturated heterocycles. The topological polar surface area (TPSA) is 41.0 Å². The molecule has 3 aromatic rings. The molecule has 2 heterocycles. The van der Waals surface area contributed by atoms with E-state index >= 15 is 0 Å². The molecule has 2 bridgehead atoms. The Bertz CT molecular complexity index is 974. The van der Waals surface area contributed by atoms with Gasteiger partial charge >= 0.3 is 0 Å². The number of nitrogens with one attached hydrogen (secondary N) is 1. The summed E-state index contributed by atoms with van der Waals surface area (Å²) < 4.78 is 0. The summed E-state index contributed by atoms with van der Waals surface area (Å²) in [7, 11) is 2.25. The van der Waals surface area contributed by atoms with Crippen LogP contribution in [0, 0.1) is 11.8 Å². The molecule has 0 amide bonds. The second-order valence-electron chi connectivity index (χ2n) is 8.29. The largest absolute Gasteiger partial charge is 0.365 e. The highest BCUT2D eigenvalue weighted by Gasteiger charge is 2.38. The molecule has 1 N–H and O–H groups in total. The van der Waals surface area contributed by atoms with Crippen LogP contribution in [0.5, 0.6) is 0 Å². The van der Waals surface area contributed by atoms with Crippen LogP contribution in [0.25, 0.3) is 22.0 Å². The van der Waals surface area contributed by atoms with Gasteiger partial charge in [-0.15, -0.1) is 10.2 Å². The lowest BCUT2D eigenvalue weighted by atomic mass is 9.73. The van der Waals surface area contributed by atoms with Crippen LogP contribution in [0.3, 0.4) is 0 Å². The Labute approximate surface area is 170 Å². The molecule has 5 rings (SSSR count). The molecule has 0 spiro atoms. The Morgan fingerprint density at radius 3 is 2.32 bits per heavy atom. The number of nitrogens with zero attached hydrogens (tertiary/aromatic N) is 3. The van der Waals surface area contributed by atoms with Crippen molar-refractivity contribution in [3.8, 4) is 11.3 Å². The molecule has 2 atom stereocenters. The van der Waals surface area contributed by atoms with Gasteiger partial charge in [-0.3, -0.25) is 0 Å². The van der Waals surface area contributed by atoms with Gasteiger partial charge in [0, 0.05) is 40.5 Å². The Balaban J connectivity index is 1.53. The van der Waals surface area contributed by atoms with Gasteiger partial charge in [0.15, 0.2) is 5.82 Å². The Hall–Kier alpha value is -2.17. The van der Waals surface area contributed by atoms with Crippen LogP contribution in [0.4, 0.5) is 5.82 Å². The zero-order chi connectivity index (χ0) is 19.1. The van der Waals surface area contributed by atoms with Gasteiger partial charge in [0.2, 0.25) is 0 Å². The number of hydrogen-bond acceptors (Lipinski definition) is 4. The fraction of sp³-hybridized carbons (Fsp3) is 0.391. The third kappa shape index (κ3) is 3.25. The molecule has 144 valence electrons. The summed E-state index contributed by atoms with van der Waals surface area (Å²) in [6.45, 7) is 2.34. The zero-order valence-electron chi connectivity index (χ0n) is 16.1. The number of anilines is 1. The SMILES string of the molecule is CN1CC2CCCC(C1)C2Nc1nnc(-c2ccc(Cl)cc2)c2ccccc12. The smallest absolute Gasteiger partial charge is 0.156 e. The number of aromatic nitrogens is 2. The van der Waals surface area contributed by atoms with Gasteiger partial charge in [0.1, 0.15) is 5.69 Å². The van der Waals surface area contributed by atoms with Crippen LogP contribution in [0.2, 0.25) is 5.02 Å². The molecule has 28 heavy (non-hydrogen) atoms. The molecule has 4 nitrogen and oxygen atoms in total. The average molecular weight is 393 g/mol. The molecule has 1 aromatic heterocycles. The standard InChI is InChI=1S/C23H25ClN4/c1-28-13-16-5-4-6-17(14-28)21(16)25-23-20-8-3-2-7-19(20)22(26-27-23)15-9-11-18(24)12-10-15/h2-3,7-12,16-17,21H,4-6,13-14H2,1H3,(H,25,27). The summed E-state index contributed by atoms with van der Waals surface area (Å²) in [6, 6.07) is 16.7. The van der Waals surface area contributed by atoms with E-state index in [0.717, 1.165) is 32.9 Å². The number of hydrogen-bond donors (Lipinski definition) is 1. The van der Waals surface area contributed by atoms with Gasteiger partial charge in [-0.2, -0.15) is 0 Å². The van der Waals surface area contributed by atoms with Crippen molar-refractivity contribution in [3.05, 3.63) is 53.6 Å². The number of likely N-dealkylation sites (tertiary alicyclic amines) is 1. The normalized spacial score (nSPS) is 25.0. The minimum Gasteiger partial charge on any atom is -0.365 e. The first-order valence-corrected chi connectivity index (χ1v) is 10.5. The van der Waals surface area contributed by atoms with Gasteiger partial charge in [0.05, 0.1) is 0 Å². The van der Waals surface area contributed by atoms with E-state index < -0.39 is 0 Å². The fourth-order valence-electron chi connectivity index (χ4n) is 5.10. The molecule has 1 aliphatic carbocycles. The van der Waals surface area contributed by atoms with Crippen LogP contribution in [0.1, 0.15) is 19.3 Å². The van der Waals surface area contributed by atoms with Gasteiger partial charge in [-0.05, 0) is 43.9 Å². The van der Waals surface area contributed by atoms with Gasteiger partial charge < -0.3 is 10.2 Å². The van der Waals surface area contributed by atoms with E-state index in [1.165, 1.54) is 32.4 Å². The first-order chi connectivity index (χ1) is 13.7. The first-order valence-electron chi connectivity index (χ1n) is 10.2. The molecule has 1 aliphatic heterocycles. The lowest BCUT2D eigenvalue weighted by molar-refractivity contribution is 0.0907. The number of halogens is 1. The van der Waals surface area contributed by atoms with E-state index in [4.69, 9.17) is 11.6 Å². The third-order valence-corrected chi connectivity index (χ3v) is 6.62. The highest BCUT2D eigenvalue weighted by atomic mass is 35.5. The van der Waals surface area contributed by atoms with Gasteiger partial charge in [-0.1, -0.05) is 54.4 Å². The van der Waals surface area contributed by atoms with Crippen molar-refractivity contribution in [3.63, 3.8) is 0 Å².